The van der Waals surface area contributed by atoms with E-state index in [0.29, 0.717) is 11.3 Å². The van der Waals surface area contributed by atoms with Gasteiger partial charge in [-0.25, -0.2) is 13.6 Å². The van der Waals surface area contributed by atoms with Gasteiger partial charge in [-0.2, -0.15) is 0 Å². The molecule has 5 heteroatoms. The second-order valence-corrected chi connectivity index (χ2v) is 4.17. The summed E-state index contributed by atoms with van der Waals surface area (Å²) in [5.74, 6) is -0.699. The van der Waals surface area contributed by atoms with Crippen LogP contribution in [0.15, 0.2) is 48.5 Å². The Morgan fingerprint density at radius 2 is 1.90 bits per heavy atom. The Kier molecular flexibility index (Phi) is 4.30. The number of benzene rings is 2. The van der Waals surface area contributed by atoms with Gasteiger partial charge in [0.25, 0.3) is 6.43 Å². The van der Waals surface area contributed by atoms with Gasteiger partial charge in [0.15, 0.2) is 0 Å². The molecule has 2 aromatic carbocycles. The lowest BCUT2D eigenvalue weighted by molar-refractivity contribution is 0.0696. The number of halogens is 2. The molecular formula is C15H12F2O3. The van der Waals surface area contributed by atoms with Crippen molar-refractivity contribution in [1.82, 2.24) is 0 Å². The summed E-state index contributed by atoms with van der Waals surface area (Å²) >= 11 is 0. The molecule has 0 saturated heterocycles. The van der Waals surface area contributed by atoms with Crippen molar-refractivity contribution in [2.24, 2.45) is 0 Å². The van der Waals surface area contributed by atoms with Gasteiger partial charge in [0.1, 0.15) is 12.4 Å². The molecule has 0 bridgehead atoms. The fourth-order valence-electron chi connectivity index (χ4n) is 1.70. The molecule has 1 N–H and O–H groups in total. The number of alkyl halides is 2. The van der Waals surface area contributed by atoms with Gasteiger partial charge in [0.2, 0.25) is 0 Å². The quantitative estimate of drug-likeness (QED) is 0.902. The van der Waals surface area contributed by atoms with Crippen molar-refractivity contribution in [1.29, 1.82) is 0 Å². The van der Waals surface area contributed by atoms with Gasteiger partial charge in [0, 0.05) is 5.56 Å². The van der Waals surface area contributed by atoms with Crippen molar-refractivity contribution in [2.75, 3.05) is 0 Å². The van der Waals surface area contributed by atoms with Crippen molar-refractivity contribution in [3.63, 3.8) is 0 Å². The van der Waals surface area contributed by atoms with Crippen LogP contribution in [0.1, 0.15) is 27.9 Å². The Bertz CT molecular complexity index is 612. The molecule has 0 heterocycles. The second-order valence-electron chi connectivity index (χ2n) is 4.17. The Labute approximate surface area is 114 Å². The third kappa shape index (κ3) is 3.54. The van der Waals surface area contributed by atoms with E-state index in [4.69, 9.17) is 9.84 Å². The Morgan fingerprint density at radius 1 is 1.15 bits per heavy atom. The highest BCUT2D eigenvalue weighted by molar-refractivity contribution is 5.87. The monoisotopic (exact) mass is 278 g/mol. The normalized spacial score (nSPS) is 10.6. The zero-order chi connectivity index (χ0) is 14.5. The number of carboxylic acid groups (broad SMARTS) is 1. The molecule has 0 aliphatic rings. The van der Waals surface area contributed by atoms with Crippen molar-refractivity contribution in [3.8, 4) is 5.75 Å². The molecular weight excluding hydrogens is 266 g/mol. The number of carbonyl (C=O) groups is 1. The van der Waals surface area contributed by atoms with Crippen LogP contribution < -0.4 is 4.74 Å². The largest absolute Gasteiger partial charge is 0.489 e. The summed E-state index contributed by atoms with van der Waals surface area (Å²) in [4.78, 5) is 10.8. The minimum atomic E-state index is -2.55. The molecule has 2 rings (SSSR count). The molecule has 0 aliphatic carbocycles. The molecule has 0 fully saturated rings. The standard InChI is InChI=1S/C15H12F2O3/c16-14(17)11-4-2-6-13(8-11)20-9-10-3-1-5-12(7-10)15(18)19/h1-8,14H,9H2,(H,18,19). The van der Waals surface area contributed by atoms with Crippen LogP contribution in [0.5, 0.6) is 5.75 Å². The van der Waals surface area contributed by atoms with E-state index in [1.807, 2.05) is 0 Å². The number of aromatic carboxylic acids is 1. The van der Waals surface area contributed by atoms with Crippen LogP contribution in [0, 0.1) is 0 Å². The van der Waals surface area contributed by atoms with Gasteiger partial charge < -0.3 is 9.84 Å². The van der Waals surface area contributed by atoms with E-state index in [0.717, 1.165) is 0 Å². The third-order valence-electron chi connectivity index (χ3n) is 2.69. The summed E-state index contributed by atoms with van der Waals surface area (Å²) in [7, 11) is 0. The molecule has 20 heavy (non-hydrogen) atoms. The molecule has 0 aliphatic heterocycles. The summed E-state index contributed by atoms with van der Waals surface area (Å²) < 4.78 is 30.5. The zero-order valence-corrected chi connectivity index (χ0v) is 10.4. The molecule has 0 saturated carbocycles. The van der Waals surface area contributed by atoms with E-state index >= 15 is 0 Å². The van der Waals surface area contributed by atoms with Crippen molar-refractivity contribution in [2.45, 2.75) is 13.0 Å². The second kappa shape index (κ2) is 6.14. The zero-order valence-electron chi connectivity index (χ0n) is 10.4. The highest BCUT2D eigenvalue weighted by Gasteiger charge is 2.08. The Hall–Kier alpha value is -2.43. The average molecular weight is 278 g/mol. The van der Waals surface area contributed by atoms with E-state index in [2.05, 4.69) is 0 Å². The maximum Gasteiger partial charge on any atom is 0.335 e. The van der Waals surface area contributed by atoms with E-state index in [9.17, 15) is 13.6 Å². The summed E-state index contributed by atoms with van der Waals surface area (Å²) in [5, 5.41) is 8.87. The summed E-state index contributed by atoms with van der Waals surface area (Å²) in [5.41, 5.74) is 0.710. The van der Waals surface area contributed by atoms with Crippen molar-refractivity contribution < 1.29 is 23.4 Å². The molecule has 3 nitrogen and oxygen atoms in total. The van der Waals surface area contributed by atoms with Crippen LogP contribution in [0.3, 0.4) is 0 Å². The van der Waals surface area contributed by atoms with Crippen LogP contribution in [0.25, 0.3) is 0 Å². The van der Waals surface area contributed by atoms with Gasteiger partial charge in [-0.3, -0.25) is 0 Å². The van der Waals surface area contributed by atoms with Crippen molar-refractivity contribution in [3.05, 3.63) is 65.2 Å². The van der Waals surface area contributed by atoms with E-state index < -0.39 is 12.4 Å². The number of hydrogen-bond donors (Lipinski definition) is 1. The van der Waals surface area contributed by atoms with Gasteiger partial charge in [-0.1, -0.05) is 24.3 Å². The highest BCUT2D eigenvalue weighted by atomic mass is 19.3. The van der Waals surface area contributed by atoms with E-state index in [-0.39, 0.29) is 17.7 Å². The molecule has 0 unspecified atom stereocenters. The first-order valence-electron chi connectivity index (χ1n) is 5.89. The topological polar surface area (TPSA) is 46.5 Å². The SMILES string of the molecule is O=C(O)c1cccc(COc2cccc(C(F)F)c2)c1. The van der Waals surface area contributed by atoms with Crippen LogP contribution >= 0.6 is 0 Å². The van der Waals surface area contributed by atoms with Crippen LogP contribution in [-0.2, 0) is 6.61 Å². The fraction of sp³-hybridized carbons (Fsp3) is 0.133. The Morgan fingerprint density at radius 3 is 2.60 bits per heavy atom. The Balaban J connectivity index is 2.07. The van der Waals surface area contributed by atoms with Gasteiger partial charge >= 0.3 is 5.97 Å². The van der Waals surface area contributed by atoms with Gasteiger partial charge in [-0.05, 0) is 29.8 Å². The lowest BCUT2D eigenvalue weighted by Gasteiger charge is -2.08. The third-order valence-corrected chi connectivity index (χ3v) is 2.69. The van der Waals surface area contributed by atoms with E-state index in [1.54, 1.807) is 18.2 Å². The first kappa shape index (κ1) is 14.0. The molecule has 0 amide bonds. The molecule has 0 radical (unpaired) electrons. The average Bonchev–Trinajstić information content (AvgIpc) is 2.45. The first-order valence-corrected chi connectivity index (χ1v) is 5.89. The lowest BCUT2D eigenvalue weighted by atomic mass is 10.1. The van der Waals surface area contributed by atoms with Gasteiger partial charge in [-0.15, -0.1) is 0 Å². The number of carboxylic acids is 1. The maximum absolute atomic E-state index is 12.5. The predicted octanol–water partition coefficient (Wildman–Crippen LogP) is 3.90. The highest BCUT2D eigenvalue weighted by Crippen LogP contribution is 2.23. The number of ether oxygens (including phenoxy) is 1. The molecule has 2 aromatic rings. The molecule has 0 aromatic heterocycles. The minimum Gasteiger partial charge on any atom is -0.489 e. The molecule has 0 atom stereocenters. The predicted molar refractivity (Wildman–Crippen MR) is 69.1 cm³/mol. The fourth-order valence-corrected chi connectivity index (χ4v) is 1.70. The maximum atomic E-state index is 12.5. The minimum absolute atomic E-state index is 0.109. The van der Waals surface area contributed by atoms with Gasteiger partial charge in [0.05, 0.1) is 5.56 Å². The first-order chi connectivity index (χ1) is 9.56. The number of hydrogen-bond acceptors (Lipinski definition) is 2. The van der Waals surface area contributed by atoms with Crippen LogP contribution in [-0.4, -0.2) is 11.1 Å². The molecule has 0 spiro atoms. The van der Waals surface area contributed by atoms with Crippen molar-refractivity contribution >= 4 is 5.97 Å². The lowest BCUT2D eigenvalue weighted by Crippen LogP contribution is -2.00. The van der Waals surface area contributed by atoms with E-state index in [1.165, 1.54) is 30.3 Å². The molecule has 104 valence electrons. The van der Waals surface area contributed by atoms with Crippen LogP contribution in [0.4, 0.5) is 8.78 Å². The number of rotatable bonds is 5. The summed E-state index contributed by atoms with van der Waals surface area (Å²) in [6.07, 6.45) is -2.55. The summed E-state index contributed by atoms with van der Waals surface area (Å²) in [6.45, 7) is 0.119. The smallest absolute Gasteiger partial charge is 0.335 e. The van der Waals surface area contributed by atoms with Crippen LogP contribution in [0.2, 0.25) is 0 Å². The summed E-state index contributed by atoms with van der Waals surface area (Å²) in [6, 6.07) is 11.9.